The Balaban J connectivity index is 1.28. The zero-order valence-corrected chi connectivity index (χ0v) is 19.0. The Hall–Kier alpha value is -2.50. The van der Waals surface area contributed by atoms with Gasteiger partial charge in [0.05, 0.1) is 8.03 Å². The van der Waals surface area contributed by atoms with Crippen LogP contribution in [0, 0.1) is 0 Å². The SMILES string of the molecule is c1ccc2c(c1)sc1sc(-c3ccc(-c4cc5c(s4)sc4ccccc45)cc3)cc12. The van der Waals surface area contributed by atoms with Crippen molar-refractivity contribution >= 4 is 84.3 Å². The summed E-state index contributed by atoms with van der Waals surface area (Å²) in [5.74, 6) is 0. The summed E-state index contributed by atoms with van der Waals surface area (Å²) in [5.41, 5.74) is 2.61. The Morgan fingerprint density at radius 3 is 1.30 bits per heavy atom. The quantitative estimate of drug-likeness (QED) is 0.244. The number of hydrogen-bond acceptors (Lipinski definition) is 4. The molecular formula is C26H14S4. The van der Waals surface area contributed by atoms with E-state index in [1.165, 1.54) is 59.9 Å². The summed E-state index contributed by atoms with van der Waals surface area (Å²) >= 11 is 7.62. The van der Waals surface area contributed by atoms with Crippen LogP contribution in [-0.2, 0) is 0 Å². The van der Waals surface area contributed by atoms with E-state index in [0.717, 1.165) is 0 Å². The Labute approximate surface area is 189 Å². The monoisotopic (exact) mass is 454 g/mol. The molecule has 3 aromatic carbocycles. The number of thiophene rings is 4. The molecule has 4 heterocycles. The zero-order valence-electron chi connectivity index (χ0n) is 15.7. The maximum absolute atomic E-state index is 2.36. The summed E-state index contributed by atoms with van der Waals surface area (Å²) in [6.07, 6.45) is 0. The number of rotatable bonds is 2. The van der Waals surface area contributed by atoms with Gasteiger partial charge >= 0.3 is 0 Å². The van der Waals surface area contributed by atoms with Crippen LogP contribution in [0.15, 0.2) is 84.9 Å². The molecule has 0 saturated carbocycles. The highest BCUT2D eigenvalue weighted by Crippen LogP contribution is 2.45. The third kappa shape index (κ3) is 2.55. The lowest BCUT2D eigenvalue weighted by Crippen LogP contribution is -1.74. The number of fused-ring (bicyclic) bond motifs is 6. The predicted octanol–water partition coefficient (Wildman–Crippen LogP) is 9.88. The normalized spacial score (nSPS) is 12.0. The molecule has 0 atom stereocenters. The van der Waals surface area contributed by atoms with Crippen molar-refractivity contribution in [3.63, 3.8) is 0 Å². The molecule has 142 valence electrons. The average molecular weight is 455 g/mol. The largest absolute Gasteiger partial charge is 0.124 e. The van der Waals surface area contributed by atoms with Crippen LogP contribution in [0.3, 0.4) is 0 Å². The second-order valence-corrected chi connectivity index (χ2v) is 12.1. The van der Waals surface area contributed by atoms with Crippen molar-refractivity contribution in [2.24, 2.45) is 0 Å². The maximum Gasteiger partial charge on any atom is 0.0884 e. The fourth-order valence-corrected chi connectivity index (χ4v) is 9.17. The van der Waals surface area contributed by atoms with Gasteiger partial charge in [0.1, 0.15) is 0 Å². The van der Waals surface area contributed by atoms with Gasteiger partial charge in [-0.25, -0.2) is 0 Å². The molecule has 7 aromatic rings. The molecule has 0 saturated heterocycles. The zero-order chi connectivity index (χ0) is 19.7. The van der Waals surface area contributed by atoms with Gasteiger partial charge in [0.15, 0.2) is 0 Å². The van der Waals surface area contributed by atoms with Crippen LogP contribution < -0.4 is 0 Å². The molecule has 0 amide bonds. The molecule has 0 fully saturated rings. The van der Waals surface area contributed by atoms with Crippen molar-refractivity contribution in [1.29, 1.82) is 0 Å². The Bertz CT molecular complexity index is 1560. The van der Waals surface area contributed by atoms with Crippen LogP contribution >= 0.6 is 45.3 Å². The van der Waals surface area contributed by atoms with E-state index in [-0.39, 0.29) is 0 Å². The van der Waals surface area contributed by atoms with E-state index >= 15 is 0 Å². The molecule has 7 rings (SSSR count). The van der Waals surface area contributed by atoms with Gasteiger partial charge in [0.25, 0.3) is 0 Å². The van der Waals surface area contributed by atoms with Gasteiger partial charge in [-0.3, -0.25) is 0 Å². The fourth-order valence-electron chi connectivity index (χ4n) is 4.12. The summed E-state index contributed by atoms with van der Waals surface area (Å²) in [6.45, 7) is 0. The Kier molecular flexibility index (Phi) is 3.73. The highest BCUT2D eigenvalue weighted by Gasteiger charge is 2.12. The van der Waals surface area contributed by atoms with Crippen LogP contribution in [0.25, 0.3) is 59.9 Å². The van der Waals surface area contributed by atoms with Crippen molar-refractivity contribution in [3.05, 3.63) is 84.9 Å². The number of hydrogen-bond donors (Lipinski definition) is 0. The molecule has 4 aromatic heterocycles. The Morgan fingerprint density at radius 1 is 0.400 bits per heavy atom. The van der Waals surface area contributed by atoms with Gasteiger partial charge < -0.3 is 0 Å². The molecule has 0 N–H and O–H groups in total. The minimum Gasteiger partial charge on any atom is -0.124 e. The number of benzene rings is 3. The van der Waals surface area contributed by atoms with Crippen molar-refractivity contribution in [1.82, 2.24) is 0 Å². The molecule has 0 bridgehead atoms. The van der Waals surface area contributed by atoms with Gasteiger partial charge in [-0.2, -0.15) is 0 Å². The van der Waals surface area contributed by atoms with E-state index < -0.39 is 0 Å². The highest BCUT2D eigenvalue weighted by atomic mass is 32.2. The van der Waals surface area contributed by atoms with Crippen LogP contribution in [-0.4, -0.2) is 0 Å². The molecule has 0 unspecified atom stereocenters. The van der Waals surface area contributed by atoms with Gasteiger partial charge in [-0.05, 0) is 35.4 Å². The average Bonchev–Trinajstić information content (AvgIpc) is 3.52. The lowest BCUT2D eigenvalue weighted by molar-refractivity contribution is 1.69. The second kappa shape index (κ2) is 6.50. The summed E-state index contributed by atoms with van der Waals surface area (Å²) in [6, 6.07) is 31.3. The maximum atomic E-state index is 2.36. The highest BCUT2D eigenvalue weighted by molar-refractivity contribution is 7.43. The fraction of sp³-hybridized carbons (Fsp3) is 0. The lowest BCUT2D eigenvalue weighted by atomic mass is 10.1. The van der Waals surface area contributed by atoms with E-state index in [0.29, 0.717) is 0 Å². The summed E-state index contributed by atoms with van der Waals surface area (Å²) in [4.78, 5) is 2.71. The van der Waals surface area contributed by atoms with Gasteiger partial charge in [0, 0.05) is 40.7 Å². The van der Waals surface area contributed by atoms with Crippen LogP contribution in [0.2, 0.25) is 0 Å². The molecule has 0 aliphatic carbocycles. The third-order valence-corrected chi connectivity index (χ3v) is 10.5. The third-order valence-electron chi connectivity index (χ3n) is 5.61. The molecule has 0 aliphatic rings. The first-order valence-electron chi connectivity index (χ1n) is 9.76. The first-order chi connectivity index (χ1) is 14.8. The predicted molar refractivity (Wildman–Crippen MR) is 139 cm³/mol. The second-order valence-electron chi connectivity index (χ2n) is 7.40. The van der Waals surface area contributed by atoms with E-state index in [1.54, 1.807) is 0 Å². The minimum absolute atomic E-state index is 1.31. The molecule has 4 heteroatoms. The minimum atomic E-state index is 1.31. The van der Waals surface area contributed by atoms with Crippen LogP contribution in [0.1, 0.15) is 0 Å². The molecular weight excluding hydrogens is 441 g/mol. The summed E-state index contributed by atoms with van der Waals surface area (Å²) in [7, 11) is 0. The first-order valence-corrected chi connectivity index (χ1v) is 13.0. The van der Waals surface area contributed by atoms with E-state index in [4.69, 9.17) is 0 Å². The smallest absolute Gasteiger partial charge is 0.0884 e. The summed E-state index contributed by atoms with van der Waals surface area (Å²) < 4.78 is 5.60. The summed E-state index contributed by atoms with van der Waals surface area (Å²) in [5, 5.41) is 5.54. The molecule has 0 radical (unpaired) electrons. The molecule has 0 spiro atoms. The first kappa shape index (κ1) is 17.2. The van der Waals surface area contributed by atoms with Crippen molar-refractivity contribution in [2.45, 2.75) is 0 Å². The molecule has 0 nitrogen and oxygen atoms in total. The van der Waals surface area contributed by atoms with Crippen LogP contribution in [0.4, 0.5) is 0 Å². The van der Waals surface area contributed by atoms with Crippen molar-refractivity contribution < 1.29 is 0 Å². The van der Waals surface area contributed by atoms with Crippen molar-refractivity contribution in [3.8, 4) is 20.9 Å². The van der Waals surface area contributed by atoms with E-state index in [2.05, 4.69) is 84.9 Å². The Morgan fingerprint density at radius 2 is 0.833 bits per heavy atom. The standard InChI is InChI=1S/C26H14S4/c1-3-7-21-17(5-1)19-13-23(29-25(19)27-21)15-9-11-16(12-10-15)24-14-20-18-6-2-4-8-22(18)28-26(20)30-24/h1-14H. The molecule has 30 heavy (non-hydrogen) atoms. The lowest BCUT2D eigenvalue weighted by Gasteiger charge is -2.01. The van der Waals surface area contributed by atoms with E-state index in [9.17, 15) is 0 Å². The van der Waals surface area contributed by atoms with Crippen molar-refractivity contribution in [2.75, 3.05) is 0 Å². The van der Waals surface area contributed by atoms with E-state index in [1.807, 2.05) is 45.3 Å². The van der Waals surface area contributed by atoms with Gasteiger partial charge in [-0.1, -0.05) is 60.7 Å². The molecule has 0 aliphatic heterocycles. The van der Waals surface area contributed by atoms with Crippen LogP contribution in [0.5, 0.6) is 0 Å². The van der Waals surface area contributed by atoms with Gasteiger partial charge in [0.2, 0.25) is 0 Å². The van der Waals surface area contributed by atoms with Gasteiger partial charge in [-0.15, -0.1) is 45.3 Å². The topological polar surface area (TPSA) is 0 Å².